The van der Waals surface area contributed by atoms with Crippen LogP contribution in [0.5, 0.6) is 0 Å². The van der Waals surface area contributed by atoms with E-state index in [1.165, 1.54) is 23.5 Å². The highest BCUT2D eigenvalue weighted by Crippen LogP contribution is 2.35. The lowest BCUT2D eigenvalue weighted by Gasteiger charge is -2.08. The zero-order chi connectivity index (χ0) is 23.8. The Bertz CT molecular complexity index is 1290. The van der Waals surface area contributed by atoms with Gasteiger partial charge in [-0.2, -0.15) is 13.2 Å². The van der Waals surface area contributed by atoms with Gasteiger partial charge in [0.15, 0.2) is 11.0 Å². The maximum atomic E-state index is 12.7. The first-order valence-corrected chi connectivity index (χ1v) is 11.3. The summed E-state index contributed by atoms with van der Waals surface area (Å²) in [5, 5.41) is 16.2. The molecule has 0 saturated carbocycles. The molecule has 4 aromatic rings. The van der Waals surface area contributed by atoms with Gasteiger partial charge in [-0.25, -0.2) is 4.98 Å². The summed E-state index contributed by atoms with van der Waals surface area (Å²) in [5.41, 5.74) is 0.913. The van der Waals surface area contributed by atoms with Crippen LogP contribution in [0.3, 0.4) is 0 Å². The van der Waals surface area contributed by atoms with Crippen LogP contribution in [0.4, 0.5) is 18.9 Å². The number of anilines is 1. The van der Waals surface area contributed by atoms with Crippen molar-refractivity contribution in [3.8, 4) is 21.4 Å². The second kappa shape index (κ2) is 8.98. The Morgan fingerprint density at radius 2 is 1.94 bits per heavy atom. The maximum absolute atomic E-state index is 12.7. The van der Waals surface area contributed by atoms with Crippen molar-refractivity contribution in [1.29, 1.82) is 0 Å². The topological polar surface area (TPSA) is 98.7 Å². The van der Waals surface area contributed by atoms with E-state index in [-0.39, 0.29) is 17.3 Å². The molecule has 8 nitrogen and oxygen atoms in total. The third-order valence-electron chi connectivity index (χ3n) is 4.51. The summed E-state index contributed by atoms with van der Waals surface area (Å²) < 4.78 is 44.8. The summed E-state index contributed by atoms with van der Waals surface area (Å²) in [6.07, 6.45) is -4.42. The van der Waals surface area contributed by atoms with Crippen LogP contribution in [0.15, 0.2) is 40.0 Å². The van der Waals surface area contributed by atoms with Gasteiger partial charge >= 0.3 is 6.18 Å². The summed E-state index contributed by atoms with van der Waals surface area (Å²) >= 11 is 2.57. The lowest BCUT2D eigenvalue weighted by molar-refractivity contribution is -0.137. The fourth-order valence-corrected chi connectivity index (χ4v) is 4.64. The van der Waals surface area contributed by atoms with Crippen LogP contribution in [0.25, 0.3) is 21.4 Å². The molecular formula is C20H17F3N6O2S2. The summed E-state index contributed by atoms with van der Waals surface area (Å²) in [6.45, 7) is 3.67. The third kappa shape index (κ3) is 5.09. The van der Waals surface area contributed by atoms with E-state index in [1.807, 2.05) is 6.92 Å². The molecule has 0 fully saturated rings. The molecule has 0 atom stereocenters. The monoisotopic (exact) mass is 494 g/mol. The van der Waals surface area contributed by atoms with E-state index in [9.17, 15) is 18.0 Å². The summed E-state index contributed by atoms with van der Waals surface area (Å²) in [4.78, 5) is 17.6. The van der Waals surface area contributed by atoms with E-state index < -0.39 is 11.7 Å². The number of thioether (sulfide) groups is 1. The molecule has 0 aliphatic heterocycles. The van der Waals surface area contributed by atoms with Gasteiger partial charge in [-0.1, -0.05) is 16.9 Å². The number of nitrogens with one attached hydrogen (secondary N) is 1. The number of nitrogens with zero attached hydrogens (tertiary/aromatic N) is 5. The number of carbonyl (C=O) groups is 1. The van der Waals surface area contributed by atoms with Gasteiger partial charge in [-0.05, 0) is 38.1 Å². The second-order valence-electron chi connectivity index (χ2n) is 7.03. The molecule has 0 bridgehead atoms. The van der Waals surface area contributed by atoms with E-state index >= 15 is 0 Å². The van der Waals surface area contributed by atoms with Crippen molar-refractivity contribution in [2.75, 3.05) is 11.1 Å². The second-order valence-corrected chi connectivity index (χ2v) is 8.98. The third-order valence-corrected chi connectivity index (χ3v) is 6.71. The Morgan fingerprint density at radius 1 is 1.21 bits per heavy atom. The lowest BCUT2D eigenvalue weighted by Crippen LogP contribution is -2.14. The highest BCUT2D eigenvalue weighted by Gasteiger charge is 2.30. The molecule has 0 aliphatic rings. The number of aryl methyl sites for hydroxylation is 2. The number of alkyl halides is 3. The number of hydrogen-bond acceptors (Lipinski definition) is 8. The van der Waals surface area contributed by atoms with Crippen LogP contribution in [0, 0.1) is 13.8 Å². The van der Waals surface area contributed by atoms with Crippen LogP contribution < -0.4 is 5.32 Å². The Kier molecular flexibility index (Phi) is 6.26. The van der Waals surface area contributed by atoms with E-state index in [4.69, 9.17) is 4.52 Å². The van der Waals surface area contributed by atoms with Gasteiger partial charge in [-0.3, -0.25) is 4.79 Å². The van der Waals surface area contributed by atoms with Gasteiger partial charge in [0.2, 0.25) is 5.91 Å². The van der Waals surface area contributed by atoms with Crippen molar-refractivity contribution in [3.63, 3.8) is 0 Å². The SMILES string of the molecule is Cc1cc(-c2nc(C)c(-c3nnc(SCC(=O)Nc4ccc(C(F)(F)F)cc4)n3C)s2)no1. The van der Waals surface area contributed by atoms with Crippen molar-refractivity contribution < 1.29 is 22.5 Å². The first kappa shape index (κ1) is 23.0. The van der Waals surface area contributed by atoms with Gasteiger partial charge in [0, 0.05) is 18.8 Å². The largest absolute Gasteiger partial charge is 0.416 e. The summed E-state index contributed by atoms with van der Waals surface area (Å²) in [6, 6.07) is 6.07. The van der Waals surface area contributed by atoms with Crippen LogP contribution in [0.2, 0.25) is 0 Å². The zero-order valence-electron chi connectivity index (χ0n) is 17.6. The first-order valence-electron chi connectivity index (χ1n) is 9.52. The Hall–Kier alpha value is -3.19. The highest BCUT2D eigenvalue weighted by molar-refractivity contribution is 7.99. The van der Waals surface area contributed by atoms with Gasteiger partial charge in [0.05, 0.1) is 21.9 Å². The summed E-state index contributed by atoms with van der Waals surface area (Å²) in [5.74, 6) is 0.924. The van der Waals surface area contributed by atoms with Crippen LogP contribution in [-0.4, -0.2) is 36.6 Å². The fraction of sp³-hybridized carbons (Fsp3) is 0.250. The fourth-order valence-electron chi connectivity index (χ4n) is 2.89. The van der Waals surface area contributed by atoms with Crippen molar-refractivity contribution in [2.45, 2.75) is 25.2 Å². The van der Waals surface area contributed by atoms with Gasteiger partial charge in [0.1, 0.15) is 16.5 Å². The number of halogens is 3. The number of amides is 1. The zero-order valence-corrected chi connectivity index (χ0v) is 19.2. The molecule has 0 spiro atoms. The molecular weight excluding hydrogens is 477 g/mol. The number of carbonyl (C=O) groups excluding carboxylic acids is 1. The first-order chi connectivity index (χ1) is 15.6. The molecule has 0 unspecified atom stereocenters. The standard InChI is InChI=1S/C20H17F3N6O2S2/c1-10-8-14(28-31-10)18-24-11(2)16(33-18)17-26-27-19(29(17)3)32-9-15(30)25-13-6-4-12(5-7-13)20(21,22)23/h4-8H,9H2,1-3H3,(H,25,30). The average Bonchev–Trinajstić information content (AvgIpc) is 3.45. The molecule has 4 rings (SSSR count). The molecule has 3 heterocycles. The van der Waals surface area contributed by atoms with E-state index in [2.05, 4.69) is 25.7 Å². The lowest BCUT2D eigenvalue weighted by atomic mass is 10.2. The number of rotatable bonds is 6. The minimum Gasteiger partial charge on any atom is -0.361 e. The molecule has 1 N–H and O–H groups in total. The number of aromatic nitrogens is 5. The molecule has 0 saturated heterocycles. The van der Waals surface area contributed by atoms with Gasteiger partial charge in [-0.15, -0.1) is 21.5 Å². The highest BCUT2D eigenvalue weighted by atomic mass is 32.2. The molecule has 13 heteroatoms. The van der Waals surface area contributed by atoms with E-state index in [0.29, 0.717) is 27.4 Å². The average molecular weight is 495 g/mol. The maximum Gasteiger partial charge on any atom is 0.416 e. The van der Waals surface area contributed by atoms with Crippen LogP contribution >= 0.6 is 23.1 Å². The number of benzene rings is 1. The Labute approximate surface area is 194 Å². The predicted octanol–water partition coefficient (Wildman–Crippen LogP) is 4.96. The van der Waals surface area contributed by atoms with E-state index in [1.54, 1.807) is 24.6 Å². The smallest absolute Gasteiger partial charge is 0.361 e. The minimum absolute atomic E-state index is 0.0120. The van der Waals surface area contributed by atoms with E-state index in [0.717, 1.165) is 34.5 Å². The van der Waals surface area contributed by atoms with Crippen molar-refractivity contribution >= 4 is 34.7 Å². The normalized spacial score (nSPS) is 11.7. The molecule has 1 aromatic carbocycles. The molecule has 33 heavy (non-hydrogen) atoms. The molecule has 0 aliphatic carbocycles. The molecule has 1 amide bonds. The van der Waals surface area contributed by atoms with Crippen molar-refractivity contribution in [3.05, 3.63) is 47.3 Å². The van der Waals surface area contributed by atoms with Gasteiger partial charge in [0.25, 0.3) is 0 Å². The van der Waals surface area contributed by atoms with Crippen LogP contribution in [0.1, 0.15) is 17.0 Å². The van der Waals surface area contributed by atoms with Crippen molar-refractivity contribution in [2.24, 2.45) is 7.05 Å². The quantitative estimate of drug-likeness (QED) is 0.378. The molecule has 0 radical (unpaired) electrons. The number of thiazole rings is 1. The Morgan fingerprint density at radius 3 is 2.58 bits per heavy atom. The predicted molar refractivity (Wildman–Crippen MR) is 118 cm³/mol. The molecule has 3 aromatic heterocycles. The van der Waals surface area contributed by atoms with Gasteiger partial charge < -0.3 is 14.4 Å². The van der Waals surface area contributed by atoms with Crippen LogP contribution in [-0.2, 0) is 18.0 Å². The van der Waals surface area contributed by atoms with Crippen molar-refractivity contribution in [1.82, 2.24) is 24.9 Å². The number of hydrogen-bond donors (Lipinski definition) is 1. The molecule has 172 valence electrons. The Balaban J connectivity index is 1.41. The summed E-state index contributed by atoms with van der Waals surface area (Å²) in [7, 11) is 1.78. The minimum atomic E-state index is -4.42.